The van der Waals surface area contributed by atoms with E-state index in [0.717, 1.165) is 5.56 Å². The number of carbonyl (C=O) groups is 1. The molecule has 1 amide bonds. The van der Waals surface area contributed by atoms with Crippen LogP contribution >= 0.6 is 12.6 Å². The molecule has 3 nitrogen and oxygen atoms in total. The monoisotopic (exact) mass is 259 g/mol. The van der Waals surface area contributed by atoms with Crippen LogP contribution in [0, 0.1) is 0 Å². The highest BCUT2D eigenvalue weighted by Crippen LogP contribution is 2.25. The molecule has 0 saturated heterocycles. The number of hydrogen-bond donors (Lipinski definition) is 2. The molecule has 0 unspecified atom stereocenters. The second-order valence-corrected chi connectivity index (χ2v) is 4.32. The van der Waals surface area contributed by atoms with Crippen molar-refractivity contribution in [1.29, 1.82) is 0 Å². The number of amides is 1. The zero-order valence-electron chi connectivity index (χ0n) is 9.65. The smallest absolute Gasteiger partial charge is 0.412 e. The van der Waals surface area contributed by atoms with E-state index < -0.39 is 6.09 Å². The average molecular weight is 259 g/mol. The van der Waals surface area contributed by atoms with Crippen LogP contribution in [0.5, 0.6) is 0 Å². The molecule has 18 heavy (non-hydrogen) atoms. The maximum Gasteiger partial charge on any atom is 0.412 e. The summed E-state index contributed by atoms with van der Waals surface area (Å²) in [6, 6.07) is 16.6. The number of nitrogens with zero attached hydrogens (tertiary/aromatic N) is 1. The third-order valence-corrected chi connectivity index (χ3v) is 2.97. The van der Waals surface area contributed by atoms with Gasteiger partial charge in [-0.3, -0.25) is 4.90 Å². The van der Waals surface area contributed by atoms with Crippen LogP contribution in [0.3, 0.4) is 0 Å². The lowest BCUT2D eigenvalue weighted by Crippen LogP contribution is -2.28. The predicted octanol–water partition coefficient (Wildman–Crippen LogP) is 3.66. The fourth-order valence-corrected chi connectivity index (χ4v) is 2.00. The van der Waals surface area contributed by atoms with E-state index in [9.17, 15) is 9.90 Å². The quantitative estimate of drug-likeness (QED) is 0.826. The van der Waals surface area contributed by atoms with Crippen molar-refractivity contribution in [3.8, 4) is 0 Å². The molecule has 4 heteroatoms. The first-order valence-electron chi connectivity index (χ1n) is 5.51. The van der Waals surface area contributed by atoms with Gasteiger partial charge in [-0.1, -0.05) is 42.5 Å². The lowest BCUT2D eigenvalue weighted by Gasteiger charge is -2.20. The molecule has 92 valence electrons. The highest BCUT2D eigenvalue weighted by molar-refractivity contribution is 7.80. The molecule has 0 atom stereocenters. The van der Waals surface area contributed by atoms with Crippen LogP contribution < -0.4 is 4.90 Å². The first-order chi connectivity index (χ1) is 8.68. The summed E-state index contributed by atoms with van der Waals surface area (Å²) < 4.78 is 0. The number of thiol groups is 1. The lowest BCUT2D eigenvalue weighted by molar-refractivity contribution is 0.201. The van der Waals surface area contributed by atoms with Crippen molar-refractivity contribution in [2.75, 3.05) is 4.90 Å². The van der Waals surface area contributed by atoms with E-state index >= 15 is 0 Å². The van der Waals surface area contributed by atoms with Crippen molar-refractivity contribution in [2.24, 2.45) is 0 Å². The molecule has 0 saturated carbocycles. The third-order valence-electron chi connectivity index (χ3n) is 2.59. The van der Waals surface area contributed by atoms with Gasteiger partial charge in [-0.05, 0) is 17.7 Å². The number of para-hydroxylation sites is 1. The molecule has 0 radical (unpaired) electrons. The van der Waals surface area contributed by atoms with Crippen molar-refractivity contribution in [1.82, 2.24) is 0 Å². The van der Waals surface area contributed by atoms with Crippen molar-refractivity contribution < 1.29 is 9.90 Å². The minimum absolute atomic E-state index is 0.313. The third kappa shape index (κ3) is 2.84. The summed E-state index contributed by atoms with van der Waals surface area (Å²) in [6.45, 7) is 0.313. The van der Waals surface area contributed by atoms with Gasteiger partial charge in [0.1, 0.15) is 0 Å². The molecule has 2 rings (SSSR count). The van der Waals surface area contributed by atoms with Gasteiger partial charge < -0.3 is 5.11 Å². The minimum atomic E-state index is -0.986. The van der Waals surface area contributed by atoms with Gasteiger partial charge in [0.05, 0.1) is 12.2 Å². The molecule has 0 aliphatic heterocycles. The summed E-state index contributed by atoms with van der Waals surface area (Å²) in [5.74, 6) is 0. The van der Waals surface area contributed by atoms with Gasteiger partial charge in [0.15, 0.2) is 0 Å². The van der Waals surface area contributed by atoms with Crippen LogP contribution in [0.1, 0.15) is 5.56 Å². The maximum atomic E-state index is 11.3. The number of benzene rings is 2. The Morgan fingerprint density at radius 1 is 1.06 bits per heavy atom. The van der Waals surface area contributed by atoms with E-state index in [-0.39, 0.29) is 0 Å². The molecule has 0 spiro atoms. The van der Waals surface area contributed by atoms with E-state index in [4.69, 9.17) is 0 Å². The zero-order chi connectivity index (χ0) is 13.0. The van der Waals surface area contributed by atoms with Gasteiger partial charge in [-0.25, -0.2) is 4.79 Å². The Labute approximate surface area is 111 Å². The van der Waals surface area contributed by atoms with Crippen LogP contribution in [0.15, 0.2) is 59.5 Å². The Balaban J connectivity index is 2.30. The molecular weight excluding hydrogens is 246 g/mol. The minimum Gasteiger partial charge on any atom is -0.465 e. The van der Waals surface area contributed by atoms with Crippen LogP contribution in [0.2, 0.25) is 0 Å². The fraction of sp³-hybridized carbons (Fsp3) is 0.0714. The molecule has 0 aliphatic rings. The van der Waals surface area contributed by atoms with Gasteiger partial charge in [0.2, 0.25) is 0 Å². The first kappa shape index (κ1) is 12.5. The second-order valence-electron chi connectivity index (χ2n) is 3.84. The van der Waals surface area contributed by atoms with E-state index in [1.165, 1.54) is 4.90 Å². The van der Waals surface area contributed by atoms with Crippen molar-refractivity contribution in [3.63, 3.8) is 0 Å². The topological polar surface area (TPSA) is 40.5 Å². The predicted molar refractivity (Wildman–Crippen MR) is 74.3 cm³/mol. The van der Waals surface area contributed by atoms with Gasteiger partial charge >= 0.3 is 6.09 Å². The number of carboxylic acid groups (broad SMARTS) is 1. The first-order valence-corrected chi connectivity index (χ1v) is 5.95. The molecule has 0 aromatic heterocycles. The van der Waals surface area contributed by atoms with Gasteiger partial charge in [-0.15, -0.1) is 12.6 Å². The Bertz CT molecular complexity index is 543. The maximum absolute atomic E-state index is 11.3. The molecule has 2 aromatic rings. The Kier molecular flexibility index (Phi) is 3.89. The van der Waals surface area contributed by atoms with Crippen LogP contribution in [-0.4, -0.2) is 11.2 Å². The summed E-state index contributed by atoms with van der Waals surface area (Å²) in [4.78, 5) is 13.3. The molecule has 2 aromatic carbocycles. The zero-order valence-corrected chi connectivity index (χ0v) is 10.5. The average Bonchev–Trinajstić information content (AvgIpc) is 2.38. The van der Waals surface area contributed by atoms with Crippen LogP contribution in [-0.2, 0) is 6.54 Å². The standard InChI is InChI=1S/C14H13NO2S/c16-14(17)15(10-11-6-2-1-3-7-11)12-8-4-5-9-13(12)18/h1-9,18H,10H2,(H,16,17). The molecule has 1 N–H and O–H groups in total. The number of rotatable bonds is 3. The normalized spacial score (nSPS) is 10.1. The van der Waals surface area contributed by atoms with Gasteiger partial charge in [-0.2, -0.15) is 0 Å². The van der Waals surface area contributed by atoms with Crippen molar-refractivity contribution in [2.45, 2.75) is 11.4 Å². The van der Waals surface area contributed by atoms with Gasteiger partial charge in [0, 0.05) is 4.90 Å². The molecule has 0 fully saturated rings. The van der Waals surface area contributed by atoms with E-state index in [2.05, 4.69) is 12.6 Å². The molecule has 0 aliphatic carbocycles. The number of anilines is 1. The summed E-state index contributed by atoms with van der Waals surface area (Å²) >= 11 is 4.29. The highest BCUT2D eigenvalue weighted by Gasteiger charge is 2.16. The molecule has 0 heterocycles. The summed E-state index contributed by atoms with van der Waals surface area (Å²) in [5, 5.41) is 9.30. The summed E-state index contributed by atoms with van der Waals surface area (Å²) in [6.07, 6.45) is -0.986. The van der Waals surface area contributed by atoms with Crippen molar-refractivity contribution in [3.05, 3.63) is 60.2 Å². The lowest BCUT2D eigenvalue weighted by atomic mass is 10.2. The fourth-order valence-electron chi connectivity index (χ4n) is 1.71. The van der Waals surface area contributed by atoms with Crippen LogP contribution in [0.4, 0.5) is 10.5 Å². The summed E-state index contributed by atoms with van der Waals surface area (Å²) in [5.41, 5.74) is 1.54. The van der Waals surface area contributed by atoms with E-state index in [0.29, 0.717) is 17.1 Å². The SMILES string of the molecule is O=C(O)N(Cc1ccccc1)c1ccccc1S. The Morgan fingerprint density at radius 2 is 1.67 bits per heavy atom. The van der Waals surface area contributed by atoms with E-state index in [1.54, 1.807) is 18.2 Å². The Morgan fingerprint density at radius 3 is 2.28 bits per heavy atom. The van der Waals surface area contributed by atoms with E-state index in [1.807, 2.05) is 36.4 Å². The highest BCUT2D eigenvalue weighted by atomic mass is 32.1. The largest absolute Gasteiger partial charge is 0.465 e. The van der Waals surface area contributed by atoms with Crippen LogP contribution in [0.25, 0.3) is 0 Å². The Hall–Kier alpha value is -1.94. The number of hydrogen-bond acceptors (Lipinski definition) is 2. The molecular formula is C14H13NO2S. The van der Waals surface area contributed by atoms with Crippen molar-refractivity contribution >= 4 is 24.4 Å². The molecule has 0 bridgehead atoms. The summed E-state index contributed by atoms with van der Waals surface area (Å²) in [7, 11) is 0. The second kappa shape index (κ2) is 5.60. The van der Waals surface area contributed by atoms with Gasteiger partial charge in [0.25, 0.3) is 0 Å².